The van der Waals surface area contributed by atoms with Gasteiger partial charge < -0.3 is 24.5 Å². The molecular weight excluding hydrogens is 641 g/mol. The van der Waals surface area contributed by atoms with Gasteiger partial charge in [-0.3, -0.25) is 14.4 Å². The Balaban J connectivity index is 1.41. The zero-order valence-corrected chi connectivity index (χ0v) is 29.5. The monoisotopic (exact) mass is 686 g/mol. The number of thioether (sulfide) groups is 1. The van der Waals surface area contributed by atoms with Gasteiger partial charge in [-0.15, -0.1) is 30.0 Å². The van der Waals surface area contributed by atoms with Crippen molar-refractivity contribution in [2.24, 2.45) is 23.7 Å². The van der Waals surface area contributed by atoms with E-state index in [-0.39, 0.29) is 61.2 Å². The van der Waals surface area contributed by atoms with E-state index in [1.165, 1.54) is 0 Å². The number of amides is 3. The maximum Gasteiger partial charge on any atom is 0.248 e. The highest BCUT2D eigenvalue weighted by atomic mass is 32.2. The Morgan fingerprint density at radius 3 is 2.49 bits per heavy atom. The van der Waals surface area contributed by atoms with E-state index in [0.717, 1.165) is 5.52 Å². The van der Waals surface area contributed by atoms with Crippen LogP contribution in [0.15, 0.2) is 73.8 Å². The standard InChI is InChI=1S/C37H46N6O5S/c1-7-18-40(22-42-28-13-11-10-12-27(28)38-39-42)36(47)33-37-24(6)20-30(49-37)31(32(37)35(46)43(33)29(21-44)23(4)5)34(45)41(19-8-2)25-14-16-26(17-15-25)48-9-3/h7-8,10-17,23-24,29-33,44H,1-2,9,18-22H2,3-6H3/t24?,29-,30+,31-,32-,33?,37?/m0/s1. The van der Waals surface area contributed by atoms with Crippen LogP contribution in [0.2, 0.25) is 0 Å². The Kier molecular flexibility index (Phi) is 9.90. The van der Waals surface area contributed by atoms with Crippen molar-refractivity contribution in [3.05, 3.63) is 73.8 Å². The molecule has 0 saturated carbocycles. The lowest BCUT2D eigenvalue weighted by molar-refractivity contribution is -0.147. The van der Waals surface area contributed by atoms with Crippen molar-refractivity contribution in [3.8, 4) is 5.75 Å². The lowest BCUT2D eigenvalue weighted by atomic mass is 9.65. The number of carbonyl (C=O) groups excluding carboxylic acids is 3. The second-order valence-corrected chi connectivity index (χ2v) is 15.1. The molecule has 11 nitrogen and oxygen atoms in total. The van der Waals surface area contributed by atoms with Crippen LogP contribution in [0, 0.1) is 23.7 Å². The summed E-state index contributed by atoms with van der Waals surface area (Å²) in [6.45, 7) is 16.5. The van der Waals surface area contributed by atoms with Crippen molar-refractivity contribution in [1.82, 2.24) is 24.8 Å². The number of anilines is 1. The Bertz CT molecular complexity index is 1730. The number of aliphatic hydroxyl groups is 1. The van der Waals surface area contributed by atoms with Gasteiger partial charge in [0.1, 0.15) is 24.0 Å². The second kappa shape index (κ2) is 14.0. The normalized spacial score (nSPS) is 26.2. The minimum absolute atomic E-state index is 0.0398. The van der Waals surface area contributed by atoms with Gasteiger partial charge >= 0.3 is 0 Å². The third-order valence-corrected chi connectivity index (χ3v) is 12.5. The smallest absolute Gasteiger partial charge is 0.248 e. The molecule has 3 aliphatic heterocycles. The van der Waals surface area contributed by atoms with E-state index in [4.69, 9.17) is 4.74 Å². The Labute approximate surface area is 291 Å². The molecule has 1 N–H and O–H groups in total. The van der Waals surface area contributed by atoms with E-state index in [1.54, 1.807) is 43.3 Å². The highest BCUT2D eigenvalue weighted by molar-refractivity contribution is 8.02. The number of likely N-dealkylation sites (tertiary alicyclic amines) is 1. The third-order valence-electron chi connectivity index (χ3n) is 10.4. The lowest BCUT2D eigenvalue weighted by Gasteiger charge is -2.42. The van der Waals surface area contributed by atoms with Crippen LogP contribution in [0.1, 0.15) is 34.1 Å². The summed E-state index contributed by atoms with van der Waals surface area (Å²) >= 11 is 1.62. The molecule has 6 rings (SSSR count). The molecular formula is C37H46N6O5S. The SMILES string of the molecule is C=CCN(Cn1nnc2ccccc21)C(=O)C1N([C@@H](CO)C(C)C)C(=O)[C@@H]2[C@@H](C(=O)N(CC=C)c3ccc(OCC)cc3)[C@H]3CC(C)C12S3. The van der Waals surface area contributed by atoms with Gasteiger partial charge in [0.25, 0.3) is 0 Å². The van der Waals surface area contributed by atoms with E-state index in [2.05, 4.69) is 30.4 Å². The van der Waals surface area contributed by atoms with Crippen molar-refractivity contribution in [2.75, 3.05) is 31.2 Å². The van der Waals surface area contributed by atoms with Gasteiger partial charge in [-0.25, -0.2) is 4.68 Å². The molecule has 7 atom stereocenters. The summed E-state index contributed by atoms with van der Waals surface area (Å²) in [6, 6.07) is 13.4. The maximum atomic E-state index is 15.1. The van der Waals surface area contributed by atoms with Gasteiger partial charge in [0.2, 0.25) is 17.7 Å². The number of hydrogen-bond acceptors (Lipinski definition) is 8. The van der Waals surface area contributed by atoms with Crippen molar-refractivity contribution in [2.45, 2.75) is 62.9 Å². The molecule has 3 amide bonds. The number of hydrogen-bond donors (Lipinski definition) is 1. The largest absolute Gasteiger partial charge is 0.494 e. The Hall–Kier alpha value is -4.16. The Morgan fingerprint density at radius 2 is 1.84 bits per heavy atom. The first-order chi connectivity index (χ1) is 23.6. The van der Waals surface area contributed by atoms with Crippen LogP contribution in [0.4, 0.5) is 5.69 Å². The van der Waals surface area contributed by atoms with Crippen molar-refractivity contribution in [3.63, 3.8) is 0 Å². The quantitative estimate of drug-likeness (QED) is 0.248. The van der Waals surface area contributed by atoms with Crippen LogP contribution in [0.25, 0.3) is 11.0 Å². The Morgan fingerprint density at radius 1 is 1.12 bits per heavy atom. The molecule has 1 spiro atoms. The summed E-state index contributed by atoms with van der Waals surface area (Å²) in [4.78, 5) is 49.7. The average molecular weight is 687 g/mol. The molecule has 2 bridgehead atoms. The summed E-state index contributed by atoms with van der Waals surface area (Å²) in [6.07, 6.45) is 4.04. The van der Waals surface area contributed by atoms with Crippen LogP contribution in [-0.4, -0.2) is 96.0 Å². The molecule has 49 heavy (non-hydrogen) atoms. The fraction of sp³-hybridized carbons (Fsp3) is 0.486. The summed E-state index contributed by atoms with van der Waals surface area (Å²) in [7, 11) is 0. The highest BCUT2D eigenvalue weighted by Crippen LogP contribution is 2.69. The first-order valence-corrected chi connectivity index (χ1v) is 17.9. The molecule has 3 unspecified atom stereocenters. The molecule has 260 valence electrons. The fourth-order valence-electron chi connectivity index (χ4n) is 8.25. The molecule has 3 aromatic rings. The number of rotatable bonds is 14. The maximum absolute atomic E-state index is 15.1. The van der Waals surface area contributed by atoms with E-state index < -0.39 is 28.7 Å². The van der Waals surface area contributed by atoms with Crippen molar-refractivity contribution < 1.29 is 24.2 Å². The molecule has 3 saturated heterocycles. The van der Waals surface area contributed by atoms with Crippen LogP contribution < -0.4 is 9.64 Å². The van der Waals surface area contributed by atoms with Gasteiger partial charge in [-0.1, -0.05) is 50.3 Å². The van der Waals surface area contributed by atoms with Gasteiger partial charge in [0, 0.05) is 24.0 Å². The van der Waals surface area contributed by atoms with Gasteiger partial charge in [-0.2, -0.15) is 0 Å². The van der Waals surface area contributed by atoms with E-state index >= 15 is 4.79 Å². The van der Waals surface area contributed by atoms with Gasteiger partial charge in [0.05, 0.1) is 41.4 Å². The van der Waals surface area contributed by atoms with Crippen LogP contribution in [-0.2, 0) is 21.1 Å². The number of para-hydroxylation sites is 1. The number of nitrogens with zero attached hydrogens (tertiary/aromatic N) is 6. The van der Waals surface area contributed by atoms with Crippen LogP contribution in [0.5, 0.6) is 5.75 Å². The number of carbonyl (C=O) groups is 3. The molecule has 0 radical (unpaired) electrons. The number of aliphatic hydroxyl groups excluding tert-OH is 1. The zero-order chi connectivity index (χ0) is 35.0. The van der Waals surface area contributed by atoms with Crippen molar-refractivity contribution in [1.29, 1.82) is 0 Å². The molecule has 0 aliphatic carbocycles. The van der Waals surface area contributed by atoms with Gasteiger partial charge in [0.15, 0.2) is 0 Å². The second-order valence-electron chi connectivity index (χ2n) is 13.5. The highest BCUT2D eigenvalue weighted by Gasteiger charge is 2.77. The minimum atomic E-state index is -0.902. The summed E-state index contributed by atoms with van der Waals surface area (Å²) in [5.41, 5.74) is 2.18. The molecule has 4 heterocycles. The topological polar surface area (TPSA) is 121 Å². The number of aromatic nitrogens is 3. The number of benzene rings is 2. The third kappa shape index (κ3) is 5.72. The predicted octanol–water partition coefficient (Wildman–Crippen LogP) is 4.38. The number of ether oxygens (including phenoxy) is 1. The summed E-state index contributed by atoms with van der Waals surface area (Å²) in [5, 5.41) is 19.2. The molecule has 12 heteroatoms. The van der Waals surface area contributed by atoms with Gasteiger partial charge in [-0.05, 0) is 61.6 Å². The fourth-order valence-corrected chi connectivity index (χ4v) is 10.6. The molecule has 1 aromatic heterocycles. The molecule has 2 aromatic carbocycles. The zero-order valence-electron chi connectivity index (χ0n) is 28.6. The molecule has 3 aliphatic rings. The summed E-state index contributed by atoms with van der Waals surface area (Å²) < 4.78 is 6.43. The van der Waals surface area contributed by atoms with E-state index in [0.29, 0.717) is 30.0 Å². The predicted molar refractivity (Wildman–Crippen MR) is 191 cm³/mol. The van der Waals surface area contributed by atoms with E-state index in [9.17, 15) is 14.7 Å². The lowest BCUT2D eigenvalue weighted by Crippen LogP contribution is -2.60. The minimum Gasteiger partial charge on any atom is -0.494 e. The number of fused-ring (bicyclic) bond motifs is 2. The summed E-state index contributed by atoms with van der Waals surface area (Å²) in [5.74, 6) is -1.54. The first-order valence-electron chi connectivity index (χ1n) is 17.1. The van der Waals surface area contributed by atoms with Crippen LogP contribution in [0.3, 0.4) is 0 Å². The van der Waals surface area contributed by atoms with Crippen molar-refractivity contribution >= 4 is 46.2 Å². The first kappa shape index (κ1) is 34.7. The van der Waals surface area contributed by atoms with E-state index in [1.807, 2.05) is 69.3 Å². The van der Waals surface area contributed by atoms with Crippen LogP contribution >= 0.6 is 11.8 Å². The molecule has 3 fully saturated rings. The average Bonchev–Trinajstić information content (AvgIpc) is 3.81.